The van der Waals surface area contributed by atoms with Crippen molar-refractivity contribution in [3.8, 4) is 11.9 Å². The summed E-state index contributed by atoms with van der Waals surface area (Å²) in [5.74, 6) is 0.205. The van der Waals surface area contributed by atoms with Gasteiger partial charge in [0.1, 0.15) is 6.07 Å². The molecule has 198 valence electrons. The lowest BCUT2D eigenvalue weighted by Gasteiger charge is -2.19. The zero-order valence-electron chi connectivity index (χ0n) is 20.7. The first kappa shape index (κ1) is 27.8. The van der Waals surface area contributed by atoms with Gasteiger partial charge in [-0.25, -0.2) is 22.7 Å². The summed E-state index contributed by atoms with van der Waals surface area (Å²) in [7, 11) is -0.855. The largest absolute Gasteiger partial charge is 0.478 e. The molecular formula is C26H25Cl2N5O4S. The number of rotatable bonds is 8. The van der Waals surface area contributed by atoms with E-state index in [1.807, 2.05) is 18.2 Å². The molecule has 1 amide bonds. The van der Waals surface area contributed by atoms with Crippen molar-refractivity contribution < 1.29 is 17.9 Å². The molecule has 0 saturated carbocycles. The molecule has 38 heavy (non-hydrogen) atoms. The van der Waals surface area contributed by atoms with Gasteiger partial charge in [-0.3, -0.25) is 4.79 Å². The average molecular weight is 574 g/mol. The van der Waals surface area contributed by atoms with Gasteiger partial charge in [-0.1, -0.05) is 29.3 Å². The van der Waals surface area contributed by atoms with Crippen LogP contribution in [-0.4, -0.2) is 67.3 Å². The molecule has 1 saturated heterocycles. The quantitative estimate of drug-likeness (QED) is 0.395. The summed E-state index contributed by atoms with van der Waals surface area (Å²) in [4.78, 5) is 23.2. The standard InChI is InChI=1S/C26H25Cl2N5O4S/c1-32(2)38(35,36)25-8-5-19(14-31-25)26(34)33-15-20(9-10-37-24-7-3-17(12-29)13-30-24)21(16-33)18-4-6-22(27)23(28)11-18/h3-8,11,13-14,20-21H,9-10,15-16H2,1-2H3. The van der Waals surface area contributed by atoms with Gasteiger partial charge in [0.05, 0.1) is 27.8 Å². The van der Waals surface area contributed by atoms with Crippen LogP contribution in [0.2, 0.25) is 10.0 Å². The number of carbonyl (C=O) groups excluding carboxylic acids is 1. The van der Waals surface area contributed by atoms with Crippen molar-refractivity contribution >= 4 is 39.1 Å². The summed E-state index contributed by atoms with van der Waals surface area (Å²) in [6, 6.07) is 13.6. The third kappa shape index (κ3) is 6.08. The van der Waals surface area contributed by atoms with E-state index >= 15 is 0 Å². The molecule has 1 aliphatic heterocycles. The molecule has 0 spiro atoms. The first-order valence-corrected chi connectivity index (χ1v) is 13.9. The van der Waals surface area contributed by atoms with Crippen LogP contribution < -0.4 is 4.74 Å². The highest BCUT2D eigenvalue weighted by Gasteiger charge is 2.37. The second-order valence-electron chi connectivity index (χ2n) is 9.06. The maximum Gasteiger partial charge on any atom is 0.260 e. The Balaban J connectivity index is 1.51. The summed E-state index contributed by atoms with van der Waals surface area (Å²) in [6.07, 6.45) is 3.38. The molecule has 1 aliphatic rings. The highest BCUT2D eigenvalue weighted by Crippen LogP contribution is 2.38. The summed E-state index contributed by atoms with van der Waals surface area (Å²) >= 11 is 12.4. The van der Waals surface area contributed by atoms with E-state index in [9.17, 15) is 13.2 Å². The topological polar surface area (TPSA) is 116 Å². The maximum atomic E-state index is 13.4. The second kappa shape index (κ2) is 11.7. The van der Waals surface area contributed by atoms with Crippen LogP contribution in [0.4, 0.5) is 0 Å². The van der Waals surface area contributed by atoms with Crippen LogP contribution in [0.15, 0.2) is 59.9 Å². The maximum absolute atomic E-state index is 13.4. The molecule has 1 aromatic carbocycles. The zero-order chi connectivity index (χ0) is 27.4. The minimum absolute atomic E-state index is 0.0207. The van der Waals surface area contributed by atoms with Gasteiger partial charge in [0.25, 0.3) is 15.9 Å². The molecule has 12 heteroatoms. The van der Waals surface area contributed by atoms with Crippen LogP contribution in [0, 0.1) is 17.2 Å². The summed E-state index contributed by atoms with van der Waals surface area (Å²) < 4.78 is 31.5. The summed E-state index contributed by atoms with van der Waals surface area (Å²) in [6.45, 7) is 1.27. The summed E-state index contributed by atoms with van der Waals surface area (Å²) in [5, 5.41) is 9.70. The first-order chi connectivity index (χ1) is 18.1. The highest BCUT2D eigenvalue weighted by atomic mass is 35.5. The molecule has 1 fully saturated rings. The molecule has 3 heterocycles. The van der Waals surface area contributed by atoms with Crippen LogP contribution in [-0.2, 0) is 10.0 Å². The fraction of sp³-hybridized carbons (Fsp3) is 0.308. The van der Waals surface area contributed by atoms with Crippen LogP contribution in [0.25, 0.3) is 0 Å². The van der Waals surface area contributed by atoms with Crippen molar-refractivity contribution in [3.05, 3.63) is 81.6 Å². The molecule has 2 aromatic heterocycles. The lowest BCUT2D eigenvalue weighted by atomic mass is 9.87. The van der Waals surface area contributed by atoms with Gasteiger partial charge < -0.3 is 9.64 Å². The SMILES string of the molecule is CN(C)S(=O)(=O)c1ccc(C(=O)N2CC(CCOc3ccc(C#N)cn3)C(c3ccc(Cl)c(Cl)c3)C2)cn1. The number of hydrogen-bond donors (Lipinski definition) is 0. The molecule has 2 unspecified atom stereocenters. The van der Waals surface area contributed by atoms with Crippen molar-refractivity contribution in [1.29, 1.82) is 5.26 Å². The average Bonchev–Trinajstić information content (AvgIpc) is 3.34. The number of benzene rings is 1. The van der Waals surface area contributed by atoms with E-state index in [1.54, 1.807) is 23.1 Å². The molecule has 2 atom stereocenters. The van der Waals surface area contributed by atoms with E-state index in [4.69, 9.17) is 33.2 Å². The van der Waals surface area contributed by atoms with E-state index in [0.717, 1.165) is 9.87 Å². The van der Waals surface area contributed by atoms with Gasteiger partial charge in [0.15, 0.2) is 5.03 Å². The van der Waals surface area contributed by atoms with Gasteiger partial charge in [0.2, 0.25) is 5.88 Å². The van der Waals surface area contributed by atoms with E-state index in [-0.39, 0.29) is 22.8 Å². The minimum atomic E-state index is -3.70. The van der Waals surface area contributed by atoms with E-state index in [2.05, 4.69) is 9.97 Å². The van der Waals surface area contributed by atoms with Crippen LogP contribution >= 0.6 is 23.2 Å². The zero-order valence-corrected chi connectivity index (χ0v) is 23.0. The Hall–Kier alpha value is -3.23. The number of sulfonamides is 1. The van der Waals surface area contributed by atoms with Gasteiger partial charge in [-0.2, -0.15) is 5.26 Å². The third-order valence-corrected chi connectivity index (χ3v) is 8.90. The summed E-state index contributed by atoms with van der Waals surface area (Å²) in [5.41, 5.74) is 1.71. The van der Waals surface area contributed by atoms with E-state index in [0.29, 0.717) is 53.2 Å². The molecule has 9 nitrogen and oxygen atoms in total. The fourth-order valence-corrected chi connectivity index (χ4v) is 5.43. The van der Waals surface area contributed by atoms with Crippen molar-refractivity contribution in [2.45, 2.75) is 17.4 Å². The van der Waals surface area contributed by atoms with E-state index < -0.39 is 10.0 Å². The number of nitrogens with zero attached hydrogens (tertiary/aromatic N) is 5. The smallest absolute Gasteiger partial charge is 0.260 e. The van der Waals surface area contributed by atoms with Gasteiger partial charge in [-0.15, -0.1) is 0 Å². The Morgan fingerprint density at radius 1 is 1.11 bits per heavy atom. The monoisotopic (exact) mass is 573 g/mol. The highest BCUT2D eigenvalue weighted by molar-refractivity contribution is 7.89. The number of likely N-dealkylation sites (tertiary alicyclic amines) is 1. The normalized spacial score (nSPS) is 17.4. The molecule has 3 aromatic rings. The van der Waals surface area contributed by atoms with Crippen LogP contribution in [0.3, 0.4) is 0 Å². The van der Waals surface area contributed by atoms with Crippen molar-refractivity contribution in [3.63, 3.8) is 0 Å². The fourth-order valence-electron chi connectivity index (χ4n) is 4.33. The number of amides is 1. The molecular weight excluding hydrogens is 549 g/mol. The number of hydrogen-bond acceptors (Lipinski definition) is 7. The first-order valence-electron chi connectivity index (χ1n) is 11.7. The Morgan fingerprint density at radius 2 is 1.89 bits per heavy atom. The number of halogens is 2. The van der Waals surface area contributed by atoms with Crippen molar-refractivity contribution in [2.24, 2.45) is 5.92 Å². The van der Waals surface area contributed by atoms with Gasteiger partial charge in [0, 0.05) is 51.6 Å². The Kier molecular flexibility index (Phi) is 8.53. The van der Waals surface area contributed by atoms with Crippen molar-refractivity contribution in [1.82, 2.24) is 19.2 Å². The predicted octanol–water partition coefficient (Wildman–Crippen LogP) is 4.23. The Morgan fingerprint density at radius 3 is 2.50 bits per heavy atom. The number of aromatic nitrogens is 2. The van der Waals surface area contributed by atoms with Crippen molar-refractivity contribution in [2.75, 3.05) is 33.8 Å². The van der Waals surface area contributed by atoms with Crippen LogP contribution in [0.5, 0.6) is 5.88 Å². The Labute approximate surface area is 231 Å². The lowest BCUT2D eigenvalue weighted by Crippen LogP contribution is -2.29. The number of ether oxygens (including phenoxy) is 1. The van der Waals surface area contributed by atoms with Crippen LogP contribution in [0.1, 0.15) is 33.8 Å². The minimum Gasteiger partial charge on any atom is -0.478 e. The van der Waals surface area contributed by atoms with Gasteiger partial charge >= 0.3 is 0 Å². The molecule has 0 aliphatic carbocycles. The molecule has 0 N–H and O–H groups in total. The molecule has 0 bridgehead atoms. The molecule has 4 rings (SSSR count). The second-order valence-corrected chi connectivity index (χ2v) is 12.0. The number of carbonyl (C=O) groups is 1. The predicted molar refractivity (Wildman–Crippen MR) is 143 cm³/mol. The third-order valence-electron chi connectivity index (χ3n) is 6.43. The number of pyridine rings is 2. The van der Waals surface area contributed by atoms with E-state index in [1.165, 1.54) is 38.6 Å². The number of nitriles is 1. The Bertz CT molecular complexity index is 1460. The molecule has 0 radical (unpaired) electrons. The van der Waals surface area contributed by atoms with Gasteiger partial charge in [-0.05, 0) is 48.2 Å². The lowest BCUT2D eigenvalue weighted by molar-refractivity contribution is 0.0783.